The first-order valence-electron chi connectivity index (χ1n) is 5.45. The molecule has 1 aliphatic rings. The summed E-state index contributed by atoms with van der Waals surface area (Å²) in [5, 5.41) is 3.71. The van der Waals surface area contributed by atoms with Gasteiger partial charge in [0.05, 0.1) is 12.7 Å². The standard InChI is InChI=1S/C10H15FN2O5/c1-4-17-8(15)10(11)6(14)12-9(16)13-7(10)18-5(2)3/h5,7H,4H2,1-3H3,(H2,12,13,14,16). The van der Waals surface area contributed by atoms with E-state index in [-0.39, 0.29) is 6.61 Å². The van der Waals surface area contributed by atoms with Gasteiger partial charge < -0.3 is 14.8 Å². The maximum atomic E-state index is 14.5. The van der Waals surface area contributed by atoms with Crippen molar-refractivity contribution in [3.8, 4) is 0 Å². The number of ether oxygens (including phenoxy) is 2. The summed E-state index contributed by atoms with van der Waals surface area (Å²) in [7, 11) is 0. The topological polar surface area (TPSA) is 93.7 Å². The quantitative estimate of drug-likeness (QED) is 0.542. The van der Waals surface area contributed by atoms with Crippen LogP contribution in [0.4, 0.5) is 9.18 Å². The first kappa shape index (κ1) is 14.4. The van der Waals surface area contributed by atoms with Gasteiger partial charge in [0.15, 0.2) is 6.23 Å². The van der Waals surface area contributed by atoms with E-state index in [1.54, 1.807) is 19.2 Å². The highest BCUT2D eigenvalue weighted by Crippen LogP contribution is 2.24. The minimum atomic E-state index is -3.09. The molecule has 0 aliphatic carbocycles. The normalized spacial score (nSPS) is 27.7. The largest absolute Gasteiger partial charge is 0.463 e. The number of halogens is 1. The number of carbonyl (C=O) groups excluding carboxylic acids is 3. The first-order valence-corrected chi connectivity index (χ1v) is 5.45. The fourth-order valence-electron chi connectivity index (χ4n) is 1.40. The number of nitrogens with one attached hydrogen (secondary N) is 2. The Morgan fingerprint density at radius 3 is 2.61 bits per heavy atom. The molecule has 0 bridgehead atoms. The number of hydrogen-bond acceptors (Lipinski definition) is 5. The molecular weight excluding hydrogens is 247 g/mol. The van der Waals surface area contributed by atoms with Crippen molar-refractivity contribution >= 4 is 17.9 Å². The van der Waals surface area contributed by atoms with Crippen LogP contribution in [0.25, 0.3) is 0 Å². The van der Waals surface area contributed by atoms with Crippen LogP contribution in [0.1, 0.15) is 20.8 Å². The monoisotopic (exact) mass is 262 g/mol. The highest BCUT2D eigenvalue weighted by Gasteiger charge is 2.60. The molecule has 2 unspecified atom stereocenters. The summed E-state index contributed by atoms with van der Waals surface area (Å²) >= 11 is 0. The SMILES string of the molecule is CCOC(=O)C1(F)C(=O)NC(=O)NC1OC(C)C. The number of urea groups is 1. The van der Waals surface area contributed by atoms with Crippen LogP contribution in [0.3, 0.4) is 0 Å². The van der Waals surface area contributed by atoms with Crippen molar-refractivity contribution in [2.24, 2.45) is 0 Å². The lowest BCUT2D eigenvalue weighted by Gasteiger charge is -2.35. The number of alkyl halides is 1. The molecule has 1 heterocycles. The molecule has 0 aromatic carbocycles. The van der Waals surface area contributed by atoms with Gasteiger partial charge in [-0.05, 0) is 20.8 Å². The summed E-state index contributed by atoms with van der Waals surface area (Å²) in [4.78, 5) is 34.1. The number of rotatable bonds is 4. The third kappa shape index (κ3) is 2.58. The van der Waals surface area contributed by atoms with Crippen molar-refractivity contribution in [1.82, 2.24) is 10.6 Å². The Hall–Kier alpha value is -1.70. The second-order valence-electron chi connectivity index (χ2n) is 3.92. The van der Waals surface area contributed by atoms with Gasteiger partial charge in [0, 0.05) is 0 Å². The number of carbonyl (C=O) groups is 3. The van der Waals surface area contributed by atoms with Crippen LogP contribution in [-0.2, 0) is 19.1 Å². The minimum absolute atomic E-state index is 0.0971. The van der Waals surface area contributed by atoms with E-state index in [4.69, 9.17) is 4.74 Å². The summed E-state index contributed by atoms with van der Waals surface area (Å²) in [5.74, 6) is -2.79. The zero-order chi connectivity index (χ0) is 13.9. The van der Waals surface area contributed by atoms with E-state index in [2.05, 4.69) is 4.74 Å². The summed E-state index contributed by atoms with van der Waals surface area (Å²) in [5.41, 5.74) is -3.09. The fraction of sp³-hybridized carbons (Fsp3) is 0.700. The molecule has 0 saturated carbocycles. The molecule has 2 N–H and O–H groups in total. The molecule has 3 amide bonds. The smallest absolute Gasteiger partial charge is 0.358 e. The van der Waals surface area contributed by atoms with E-state index in [0.717, 1.165) is 0 Å². The summed E-state index contributed by atoms with van der Waals surface area (Å²) in [6, 6.07) is -0.928. The van der Waals surface area contributed by atoms with Crippen molar-refractivity contribution in [3.63, 3.8) is 0 Å². The maximum Gasteiger partial charge on any atom is 0.358 e. The molecule has 102 valence electrons. The van der Waals surface area contributed by atoms with Gasteiger partial charge in [0.1, 0.15) is 0 Å². The van der Waals surface area contributed by atoms with Gasteiger partial charge in [-0.15, -0.1) is 0 Å². The molecule has 1 fully saturated rings. The molecule has 1 saturated heterocycles. The summed E-state index contributed by atoms with van der Waals surface area (Å²) < 4.78 is 24.1. The Morgan fingerprint density at radius 2 is 2.11 bits per heavy atom. The van der Waals surface area contributed by atoms with Crippen LogP contribution in [0.5, 0.6) is 0 Å². The van der Waals surface area contributed by atoms with Crippen LogP contribution < -0.4 is 10.6 Å². The number of imide groups is 1. The molecule has 0 aromatic rings. The van der Waals surface area contributed by atoms with Crippen molar-refractivity contribution in [3.05, 3.63) is 0 Å². The molecule has 7 nitrogen and oxygen atoms in total. The highest BCUT2D eigenvalue weighted by molar-refractivity contribution is 6.14. The lowest BCUT2D eigenvalue weighted by atomic mass is 10.0. The van der Waals surface area contributed by atoms with Crippen molar-refractivity contribution < 1.29 is 28.2 Å². The molecule has 1 rings (SSSR count). The Labute approximate surface area is 103 Å². The average molecular weight is 262 g/mol. The van der Waals surface area contributed by atoms with Gasteiger partial charge in [0.25, 0.3) is 5.91 Å². The molecule has 0 spiro atoms. The summed E-state index contributed by atoms with van der Waals surface area (Å²) in [6.45, 7) is 4.52. The van der Waals surface area contributed by atoms with E-state index in [1.807, 2.05) is 5.32 Å². The lowest BCUT2D eigenvalue weighted by Crippen LogP contribution is -2.71. The molecule has 8 heteroatoms. The van der Waals surface area contributed by atoms with Crippen LogP contribution in [0, 0.1) is 0 Å². The van der Waals surface area contributed by atoms with Gasteiger partial charge in [-0.1, -0.05) is 0 Å². The van der Waals surface area contributed by atoms with Crippen LogP contribution in [-0.4, -0.2) is 42.5 Å². The zero-order valence-electron chi connectivity index (χ0n) is 10.3. The van der Waals surface area contributed by atoms with E-state index in [1.165, 1.54) is 6.92 Å². The average Bonchev–Trinajstić information content (AvgIpc) is 2.24. The van der Waals surface area contributed by atoms with Gasteiger partial charge in [-0.2, -0.15) is 0 Å². The predicted molar refractivity (Wildman–Crippen MR) is 57.2 cm³/mol. The molecule has 0 aromatic heterocycles. The molecule has 1 aliphatic heterocycles. The molecule has 2 atom stereocenters. The van der Waals surface area contributed by atoms with Crippen LogP contribution in [0.15, 0.2) is 0 Å². The minimum Gasteiger partial charge on any atom is -0.463 e. The van der Waals surface area contributed by atoms with Crippen molar-refractivity contribution in [1.29, 1.82) is 0 Å². The zero-order valence-corrected chi connectivity index (χ0v) is 10.3. The molecule has 0 radical (unpaired) electrons. The van der Waals surface area contributed by atoms with Gasteiger partial charge in [0.2, 0.25) is 0 Å². The van der Waals surface area contributed by atoms with E-state index >= 15 is 0 Å². The van der Waals surface area contributed by atoms with Crippen LogP contribution >= 0.6 is 0 Å². The number of esters is 1. The summed E-state index contributed by atoms with van der Waals surface area (Å²) in [6.07, 6.45) is -2.21. The lowest BCUT2D eigenvalue weighted by molar-refractivity contribution is -0.182. The Bertz CT molecular complexity index is 373. The van der Waals surface area contributed by atoms with Gasteiger partial charge in [-0.25, -0.2) is 14.0 Å². The Morgan fingerprint density at radius 1 is 1.50 bits per heavy atom. The number of hydrogen-bond donors (Lipinski definition) is 2. The van der Waals surface area contributed by atoms with E-state index < -0.39 is 35.9 Å². The van der Waals surface area contributed by atoms with E-state index in [0.29, 0.717) is 0 Å². The van der Waals surface area contributed by atoms with Gasteiger partial charge in [-0.3, -0.25) is 10.1 Å². The van der Waals surface area contributed by atoms with Crippen LogP contribution in [0.2, 0.25) is 0 Å². The maximum absolute atomic E-state index is 14.5. The third-order valence-electron chi connectivity index (χ3n) is 2.16. The molecular formula is C10H15FN2O5. The molecule has 18 heavy (non-hydrogen) atoms. The van der Waals surface area contributed by atoms with Crippen molar-refractivity contribution in [2.45, 2.75) is 38.8 Å². The fourth-order valence-corrected chi connectivity index (χ4v) is 1.40. The Balaban J connectivity index is 3.03. The first-order chi connectivity index (χ1) is 8.32. The third-order valence-corrected chi connectivity index (χ3v) is 2.16. The highest BCUT2D eigenvalue weighted by atomic mass is 19.1. The van der Waals surface area contributed by atoms with E-state index in [9.17, 15) is 18.8 Å². The predicted octanol–water partition coefficient (Wildman–Crippen LogP) is -0.152. The number of amides is 3. The van der Waals surface area contributed by atoms with Crippen molar-refractivity contribution in [2.75, 3.05) is 6.61 Å². The Kier molecular flexibility index (Phi) is 4.23. The second kappa shape index (κ2) is 5.30. The second-order valence-corrected chi connectivity index (χ2v) is 3.92. The van der Waals surface area contributed by atoms with Gasteiger partial charge >= 0.3 is 17.7 Å².